The van der Waals surface area contributed by atoms with Gasteiger partial charge in [-0.2, -0.15) is 0 Å². The standard InChI is InChI=1S/C10H21NO/c1-4-10(12)6-8-11-7-5-9(2)3/h5,10-12H,4,6-8H2,1-3H3. The maximum atomic E-state index is 9.21. The van der Waals surface area contributed by atoms with E-state index < -0.39 is 0 Å². The molecule has 0 aromatic heterocycles. The summed E-state index contributed by atoms with van der Waals surface area (Å²) >= 11 is 0. The molecule has 2 nitrogen and oxygen atoms in total. The third kappa shape index (κ3) is 7.76. The van der Waals surface area contributed by atoms with Crippen LogP contribution in [0.2, 0.25) is 0 Å². The molecule has 1 unspecified atom stereocenters. The number of aliphatic hydroxyl groups excluding tert-OH is 1. The first kappa shape index (κ1) is 11.7. The summed E-state index contributed by atoms with van der Waals surface area (Å²) in [6.45, 7) is 7.99. The second kappa shape index (κ2) is 7.32. The predicted octanol–water partition coefficient (Wildman–Crippen LogP) is 1.70. The molecule has 0 aliphatic heterocycles. The van der Waals surface area contributed by atoms with Gasteiger partial charge >= 0.3 is 0 Å². The lowest BCUT2D eigenvalue weighted by Gasteiger charge is -2.06. The molecular weight excluding hydrogens is 150 g/mol. The molecule has 2 N–H and O–H groups in total. The molecule has 0 amide bonds. The highest BCUT2D eigenvalue weighted by molar-refractivity contribution is 4.94. The maximum absolute atomic E-state index is 9.21. The Kier molecular flexibility index (Phi) is 7.11. The van der Waals surface area contributed by atoms with Crippen LogP contribution in [0.1, 0.15) is 33.6 Å². The third-order valence-corrected chi connectivity index (χ3v) is 1.78. The normalized spacial score (nSPS) is 12.7. The van der Waals surface area contributed by atoms with Gasteiger partial charge in [0.25, 0.3) is 0 Å². The van der Waals surface area contributed by atoms with Gasteiger partial charge in [-0.05, 0) is 33.2 Å². The molecule has 0 aromatic rings. The lowest BCUT2D eigenvalue weighted by molar-refractivity contribution is 0.160. The Balaban J connectivity index is 3.16. The van der Waals surface area contributed by atoms with Crippen LogP contribution < -0.4 is 5.32 Å². The van der Waals surface area contributed by atoms with Crippen molar-refractivity contribution in [3.05, 3.63) is 11.6 Å². The number of allylic oxidation sites excluding steroid dienone is 1. The van der Waals surface area contributed by atoms with Gasteiger partial charge in [0, 0.05) is 6.54 Å². The van der Waals surface area contributed by atoms with Crippen molar-refractivity contribution in [3.63, 3.8) is 0 Å². The van der Waals surface area contributed by atoms with Gasteiger partial charge in [-0.25, -0.2) is 0 Å². The van der Waals surface area contributed by atoms with Crippen LogP contribution in [0.4, 0.5) is 0 Å². The molecule has 0 fully saturated rings. The van der Waals surface area contributed by atoms with Crippen molar-refractivity contribution in [2.45, 2.75) is 39.7 Å². The van der Waals surface area contributed by atoms with E-state index in [2.05, 4.69) is 25.2 Å². The van der Waals surface area contributed by atoms with E-state index in [-0.39, 0.29) is 6.10 Å². The summed E-state index contributed by atoms with van der Waals surface area (Å²) in [4.78, 5) is 0. The zero-order chi connectivity index (χ0) is 9.40. The van der Waals surface area contributed by atoms with E-state index in [0.717, 1.165) is 25.9 Å². The van der Waals surface area contributed by atoms with E-state index in [4.69, 9.17) is 0 Å². The second-order valence-corrected chi connectivity index (χ2v) is 3.34. The van der Waals surface area contributed by atoms with Crippen LogP contribution in [-0.2, 0) is 0 Å². The Morgan fingerprint density at radius 1 is 1.50 bits per heavy atom. The van der Waals surface area contributed by atoms with E-state index in [0.29, 0.717) is 0 Å². The summed E-state index contributed by atoms with van der Waals surface area (Å²) in [7, 11) is 0. The first-order valence-corrected chi connectivity index (χ1v) is 4.69. The lowest BCUT2D eigenvalue weighted by Crippen LogP contribution is -2.20. The highest BCUT2D eigenvalue weighted by Crippen LogP contribution is 1.94. The third-order valence-electron chi connectivity index (χ3n) is 1.78. The van der Waals surface area contributed by atoms with E-state index in [9.17, 15) is 5.11 Å². The minimum Gasteiger partial charge on any atom is -0.393 e. The number of nitrogens with one attached hydrogen (secondary N) is 1. The Bertz CT molecular complexity index is 128. The molecule has 0 heterocycles. The minimum absolute atomic E-state index is 0.135. The topological polar surface area (TPSA) is 32.3 Å². The van der Waals surface area contributed by atoms with Gasteiger partial charge in [0.05, 0.1) is 6.10 Å². The van der Waals surface area contributed by atoms with E-state index in [1.165, 1.54) is 5.57 Å². The quantitative estimate of drug-likeness (QED) is 0.471. The van der Waals surface area contributed by atoms with Crippen molar-refractivity contribution >= 4 is 0 Å². The maximum Gasteiger partial charge on any atom is 0.0549 e. The molecular formula is C10H21NO. The first-order chi connectivity index (χ1) is 5.66. The van der Waals surface area contributed by atoms with Gasteiger partial charge in [0.15, 0.2) is 0 Å². The predicted molar refractivity (Wildman–Crippen MR) is 53.2 cm³/mol. The van der Waals surface area contributed by atoms with Gasteiger partial charge in [0.1, 0.15) is 0 Å². The highest BCUT2D eigenvalue weighted by atomic mass is 16.3. The van der Waals surface area contributed by atoms with Crippen molar-refractivity contribution in [2.75, 3.05) is 13.1 Å². The van der Waals surface area contributed by atoms with Crippen molar-refractivity contribution in [1.82, 2.24) is 5.32 Å². The molecule has 0 radical (unpaired) electrons. The van der Waals surface area contributed by atoms with Gasteiger partial charge in [-0.3, -0.25) is 0 Å². The first-order valence-electron chi connectivity index (χ1n) is 4.69. The molecule has 72 valence electrons. The van der Waals surface area contributed by atoms with Gasteiger partial charge in [-0.15, -0.1) is 0 Å². The summed E-state index contributed by atoms with van der Waals surface area (Å²) < 4.78 is 0. The summed E-state index contributed by atoms with van der Waals surface area (Å²) in [6, 6.07) is 0. The van der Waals surface area contributed by atoms with Crippen molar-refractivity contribution in [3.8, 4) is 0 Å². The molecule has 0 spiro atoms. The van der Waals surface area contributed by atoms with Gasteiger partial charge in [-0.1, -0.05) is 18.6 Å². The molecule has 0 aliphatic rings. The average molecular weight is 171 g/mol. The van der Waals surface area contributed by atoms with Gasteiger partial charge in [0.2, 0.25) is 0 Å². The molecule has 0 aliphatic carbocycles. The highest BCUT2D eigenvalue weighted by Gasteiger charge is 1.97. The second-order valence-electron chi connectivity index (χ2n) is 3.34. The Morgan fingerprint density at radius 3 is 2.67 bits per heavy atom. The fraction of sp³-hybridized carbons (Fsp3) is 0.800. The zero-order valence-electron chi connectivity index (χ0n) is 8.43. The average Bonchev–Trinajstić information content (AvgIpc) is 2.03. The van der Waals surface area contributed by atoms with Crippen LogP contribution in [0.25, 0.3) is 0 Å². The fourth-order valence-corrected chi connectivity index (χ4v) is 0.851. The molecule has 0 saturated carbocycles. The largest absolute Gasteiger partial charge is 0.393 e. The number of aliphatic hydroxyl groups is 1. The Hall–Kier alpha value is -0.340. The lowest BCUT2D eigenvalue weighted by atomic mass is 10.2. The van der Waals surface area contributed by atoms with E-state index in [1.54, 1.807) is 0 Å². The molecule has 0 saturated heterocycles. The Morgan fingerprint density at radius 2 is 2.17 bits per heavy atom. The minimum atomic E-state index is -0.135. The van der Waals surface area contributed by atoms with Crippen LogP contribution in [0.5, 0.6) is 0 Å². The summed E-state index contributed by atoms with van der Waals surface area (Å²) in [5, 5.41) is 12.5. The van der Waals surface area contributed by atoms with Crippen molar-refractivity contribution in [2.24, 2.45) is 0 Å². The smallest absolute Gasteiger partial charge is 0.0549 e. The van der Waals surface area contributed by atoms with Gasteiger partial charge < -0.3 is 10.4 Å². The molecule has 0 bridgehead atoms. The number of rotatable bonds is 6. The summed E-state index contributed by atoms with van der Waals surface area (Å²) in [6.07, 6.45) is 3.72. The summed E-state index contributed by atoms with van der Waals surface area (Å²) in [5.41, 5.74) is 1.33. The van der Waals surface area contributed by atoms with Crippen molar-refractivity contribution in [1.29, 1.82) is 0 Å². The Labute approximate surface area is 75.7 Å². The summed E-state index contributed by atoms with van der Waals surface area (Å²) in [5.74, 6) is 0. The molecule has 0 rings (SSSR count). The molecule has 0 aromatic carbocycles. The van der Waals surface area contributed by atoms with Crippen LogP contribution in [0, 0.1) is 0 Å². The van der Waals surface area contributed by atoms with E-state index >= 15 is 0 Å². The van der Waals surface area contributed by atoms with Crippen LogP contribution in [0.3, 0.4) is 0 Å². The van der Waals surface area contributed by atoms with Crippen LogP contribution >= 0.6 is 0 Å². The molecule has 12 heavy (non-hydrogen) atoms. The number of hydrogen-bond acceptors (Lipinski definition) is 2. The number of hydrogen-bond donors (Lipinski definition) is 2. The van der Waals surface area contributed by atoms with Crippen molar-refractivity contribution < 1.29 is 5.11 Å². The SMILES string of the molecule is CCC(O)CCNCC=C(C)C. The van der Waals surface area contributed by atoms with Crippen LogP contribution in [-0.4, -0.2) is 24.3 Å². The van der Waals surface area contributed by atoms with Crippen LogP contribution in [0.15, 0.2) is 11.6 Å². The molecule has 2 heteroatoms. The monoisotopic (exact) mass is 171 g/mol. The van der Waals surface area contributed by atoms with E-state index in [1.807, 2.05) is 6.92 Å². The molecule has 1 atom stereocenters. The zero-order valence-corrected chi connectivity index (χ0v) is 8.43. The fourth-order valence-electron chi connectivity index (χ4n) is 0.851.